The van der Waals surface area contributed by atoms with Crippen molar-refractivity contribution >= 4 is 24.0 Å². The molecule has 2 N–H and O–H groups in total. The largest absolute Gasteiger partial charge is 0.478 e. The smallest absolute Gasteiger partial charge is 0.410 e. The van der Waals surface area contributed by atoms with Crippen molar-refractivity contribution in [2.45, 2.75) is 64.4 Å². The fraction of sp³-hybridized carbons (Fsp3) is 0.536. The van der Waals surface area contributed by atoms with E-state index >= 15 is 0 Å². The van der Waals surface area contributed by atoms with Crippen LogP contribution in [0.1, 0.15) is 46.1 Å². The number of amides is 2. The number of amidine groups is 1. The molecule has 0 aromatic heterocycles. The van der Waals surface area contributed by atoms with Crippen LogP contribution in [0.3, 0.4) is 0 Å². The first-order chi connectivity index (χ1) is 18.9. The Kier molecular flexibility index (Phi) is 8.23. The Bertz CT molecular complexity index is 1250. The van der Waals surface area contributed by atoms with Gasteiger partial charge in [0.15, 0.2) is 0 Å². The third-order valence-corrected chi connectivity index (χ3v) is 6.96. The van der Waals surface area contributed by atoms with Crippen molar-refractivity contribution in [2.75, 3.05) is 32.7 Å². The summed E-state index contributed by atoms with van der Waals surface area (Å²) in [7, 11) is 0. The molecule has 2 amide bonds. The quantitative estimate of drug-likeness (QED) is 0.575. The van der Waals surface area contributed by atoms with E-state index in [1.165, 1.54) is 6.92 Å². The van der Waals surface area contributed by atoms with E-state index in [0.29, 0.717) is 31.0 Å². The number of rotatable bonds is 4. The molecule has 3 aliphatic rings. The first-order valence-corrected chi connectivity index (χ1v) is 13.3. The highest BCUT2D eigenvalue weighted by Gasteiger charge is 2.44. The van der Waals surface area contributed by atoms with Gasteiger partial charge in [0.1, 0.15) is 18.0 Å². The van der Waals surface area contributed by atoms with Crippen molar-refractivity contribution < 1.29 is 29.0 Å². The first-order valence-electron chi connectivity index (χ1n) is 13.3. The highest BCUT2D eigenvalue weighted by atomic mass is 16.6. The van der Waals surface area contributed by atoms with E-state index in [1.807, 2.05) is 35.2 Å². The van der Waals surface area contributed by atoms with Gasteiger partial charge >= 0.3 is 18.2 Å². The molecular formula is C28H36N6O6. The summed E-state index contributed by atoms with van der Waals surface area (Å²) < 4.78 is 11.0. The van der Waals surface area contributed by atoms with E-state index < -0.39 is 35.5 Å². The summed E-state index contributed by atoms with van der Waals surface area (Å²) in [4.78, 5) is 47.6. The molecule has 1 fully saturated rings. The molecule has 214 valence electrons. The van der Waals surface area contributed by atoms with Gasteiger partial charge in [-0.25, -0.2) is 19.4 Å². The summed E-state index contributed by atoms with van der Waals surface area (Å²) in [6.45, 7) is 8.44. The second-order valence-corrected chi connectivity index (χ2v) is 11.2. The van der Waals surface area contributed by atoms with E-state index in [9.17, 15) is 24.8 Å². The number of ether oxygens (including phenoxy) is 2. The van der Waals surface area contributed by atoms with Crippen LogP contribution in [0.2, 0.25) is 0 Å². The van der Waals surface area contributed by atoms with Crippen LogP contribution >= 0.6 is 0 Å². The zero-order valence-corrected chi connectivity index (χ0v) is 23.3. The van der Waals surface area contributed by atoms with Crippen LogP contribution < -0.4 is 5.32 Å². The first kappa shape index (κ1) is 28.7. The number of nitrogens with one attached hydrogen (secondary N) is 1. The minimum atomic E-state index is -1.65. The molecule has 4 rings (SSSR count). The summed E-state index contributed by atoms with van der Waals surface area (Å²) >= 11 is 0. The molecular weight excluding hydrogens is 516 g/mol. The van der Waals surface area contributed by atoms with Crippen molar-refractivity contribution in [3.05, 3.63) is 47.2 Å². The number of carboxylic acid groups (broad SMARTS) is 1. The Morgan fingerprint density at radius 1 is 1.18 bits per heavy atom. The highest BCUT2D eigenvalue weighted by Crippen LogP contribution is 2.30. The Hall–Kier alpha value is -4.27. The lowest BCUT2D eigenvalue weighted by Gasteiger charge is -2.45. The summed E-state index contributed by atoms with van der Waals surface area (Å²) in [6, 6.07) is 11.0. The number of carbonyl (C=O) groups is 3. The second kappa shape index (κ2) is 11.5. The lowest BCUT2D eigenvalue weighted by atomic mass is 9.97. The monoisotopic (exact) mass is 552 g/mol. The van der Waals surface area contributed by atoms with Gasteiger partial charge in [0.25, 0.3) is 0 Å². The topological polar surface area (TPSA) is 148 Å². The SMILES string of the molecule is CC(C)(C)OC(=O)N1CCC2=C(C1)N[C@](C)(C(=O)O)N=C2N1CCN(C(=O)OCc2ccccc2)C(CC#N)C1. The van der Waals surface area contributed by atoms with Crippen LogP contribution in [-0.2, 0) is 20.9 Å². The standard InChI is InChI=1S/C28H36N6O6/c1-27(2,3)40-25(37)33-13-11-21-22(17-33)30-28(4,24(35)36)31-23(21)32-14-15-34(20(16-32)10-12-29)26(38)39-18-19-8-6-5-7-9-19/h5-9,20,30H,10-11,13-18H2,1-4H3,(H,35,36)/t20?,28-/m0/s1. The molecule has 3 aliphatic heterocycles. The molecule has 3 heterocycles. The van der Waals surface area contributed by atoms with E-state index in [4.69, 9.17) is 9.47 Å². The lowest BCUT2D eigenvalue weighted by molar-refractivity contribution is -0.143. The van der Waals surface area contributed by atoms with E-state index in [0.717, 1.165) is 11.1 Å². The predicted octanol–water partition coefficient (Wildman–Crippen LogP) is 2.92. The van der Waals surface area contributed by atoms with Gasteiger partial charge in [-0.15, -0.1) is 0 Å². The second-order valence-electron chi connectivity index (χ2n) is 11.2. The van der Waals surface area contributed by atoms with Gasteiger partial charge < -0.3 is 34.6 Å². The third-order valence-electron chi connectivity index (χ3n) is 6.96. The van der Waals surface area contributed by atoms with Gasteiger partial charge in [-0.05, 0) is 39.7 Å². The minimum absolute atomic E-state index is 0.0803. The van der Waals surface area contributed by atoms with Crippen LogP contribution in [0.15, 0.2) is 46.6 Å². The molecule has 2 atom stereocenters. The van der Waals surface area contributed by atoms with Crippen LogP contribution in [-0.4, -0.2) is 93.8 Å². The number of nitrogens with zero attached hydrogens (tertiary/aromatic N) is 5. The number of carbonyl (C=O) groups excluding carboxylic acids is 2. The van der Waals surface area contributed by atoms with Gasteiger partial charge in [0, 0.05) is 37.4 Å². The number of hydrogen-bond acceptors (Lipinski definition) is 9. The van der Waals surface area contributed by atoms with Crippen LogP contribution in [0.25, 0.3) is 0 Å². The van der Waals surface area contributed by atoms with E-state index in [2.05, 4.69) is 16.4 Å². The summed E-state index contributed by atoms with van der Waals surface area (Å²) in [5, 5.41) is 22.5. The highest BCUT2D eigenvalue weighted by molar-refractivity contribution is 6.02. The van der Waals surface area contributed by atoms with Crippen molar-refractivity contribution in [1.29, 1.82) is 5.26 Å². The Labute approximate surface area is 233 Å². The van der Waals surface area contributed by atoms with Crippen molar-refractivity contribution in [3.63, 3.8) is 0 Å². The molecule has 1 aromatic carbocycles. The number of piperazine rings is 1. The summed E-state index contributed by atoms with van der Waals surface area (Å²) in [6.07, 6.45) is -0.453. The van der Waals surface area contributed by atoms with Crippen LogP contribution in [0.4, 0.5) is 9.59 Å². The normalized spacial score (nSPS) is 22.9. The Balaban J connectivity index is 1.53. The summed E-state index contributed by atoms with van der Waals surface area (Å²) in [5.41, 5.74) is -0.0453. The number of nitriles is 1. The number of hydrogen-bond donors (Lipinski definition) is 2. The molecule has 0 spiro atoms. The lowest BCUT2D eigenvalue weighted by Crippen LogP contribution is -2.61. The zero-order valence-electron chi connectivity index (χ0n) is 23.3. The molecule has 0 radical (unpaired) electrons. The van der Waals surface area contributed by atoms with Gasteiger partial charge in [-0.3, -0.25) is 0 Å². The summed E-state index contributed by atoms with van der Waals surface area (Å²) in [5.74, 6) is -0.662. The van der Waals surface area contributed by atoms with Gasteiger partial charge in [-0.1, -0.05) is 30.3 Å². The Morgan fingerprint density at radius 2 is 1.90 bits per heavy atom. The molecule has 12 heteroatoms. The number of carboxylic acids is 1. The maximum atomic E-state index is 13.0. The van der Waals surface area contributed by atoms with Crippen molar-refractivity contribution in [1.82, 2.24) is 20.0 Å². The third kappa shape index (κ3) is 6.47. The predicted molar refractivity (Wildman–Crippen MR) is 145 cm³/mol. The van der Waals surface area contributed by atoms with Crippen molar-refractivity contribution in [3.8, 4) is 6.07 Å². The minimum Gasteiger partial charge on any atom is -0.478 e. The zero-order chi connectivity index (χ0) is 29.1. The molecule has 40 heavy (non-hydrogen) atoms. The van der Waals surface area contributed by atoms with Crippen LogP contribution in [0, 0.1) is 11.3 Å². The fourth-order valence-electron chi connectivity index (χ4n) is 4.94. The number of aliphatic imine (C=N–C) groups is 1. The maximum absolute atomic E-state index is 13.0. The van der Waals surface area contributed by atoms with E-state index in [1.54, 1.807) is 30.6 Å². The maximum Gasteiger partial charge on any atom is 0.410 e. The average Bonchev–Trinajstić information content (AvgIpc) is 2.90. The van der Waals surface area contributed by atoms with Gasteiger partial charge in [0.2, 0.25) is 5.66 Å². The van der Waals surface area contributed by atoms with Gasteiger partial charge in [0.05, 0.1) is 25.1 Å². The molecule has 1 aromatic rings. The Morgan fingerprint density at radius 3 is 2.55 bits per heavy atom. The molecule has 0 saturated carbocycles. The molecule has 1 unspecified atom stereocenters. The molecule has 12 nitrogen and oxygen atoms in total. The van der Waals surface area contributed by atoms with Crippen LogP contribution in [0.5, 0.6) is 0 Å². The van der Waals surface area contributed by atoms with Gasteiger partial charge in [-0.2, -0.15) is 5.26 Å². The molecule has 0 aliphatic carbocycles. The molecule has 0 bridgehead atoms. The van der Waals surface area contributed by atoms with Crippen molar-refractivity contribution in [2.24, 2.45) is 4.99 Å². The van der Waals surface area contributed by atoms with E-state index in [-0.39, 0.29) is 32.7 Å². The number of aliphatic carboxylic acids is 1. The molecule has 1 saturated heterocycles. The average molecular weight is 553 g/mol. The number of benzene rings is 1. The fourth-order valence-corrected chi connectivity index (χ4v) is 4.94.